The van der Waals surface area contributed by atoms with Crippen molar-refractivity contribution < 1.29 is 4.79 Å². The van der Waals surface area contributed by atoms with Gasteiger partial charge in [0.1, 0.15) is 0 Å². The number of fused-ring (bicyclic) bond motifs is 1. The Morgan fingerprint density at radius 1 is 1.29 bits per heavy atom. The zero-order valence-electron chi connectivity index (χ0n) is 12.0. The number of nitrogens with two attached hydrogens (primary N) is 2. The third-order valence-electron chi connectivity index (χ3n) is 4.20. The summed E-state index contributed by atoms with van der Waals surface area (Å²) in [5.41, 5.74) is 14.2. The van der Waals surface area contributed by atoms with Crippen molar-refractivity contribution in [3.05, 3.63) is 30.5 Å². The zero-order chi connectivity index (χ0) is 14.8. The van der Waals surface area contributed by atoms with E-state index in [2.05, 4.69) is 16.0 Å². The van der Waals surface area contributed by atoms with Crippen LogP contribution < -0.4 is 16.4 Å². The number of anilines is 2. The van der Waals surface area contributed by atoms with Crippen molar-refractivity contribution in [2.24, 2.45) is 11.7 Å². The molecule has 0 atom stereocenters. The molecule has 0 spiro atoms. The Bertz CT molecular complexity index is 662. The molecule has 21 heavy (non-hydrogen) atoms. The molecule has 1 saturated heterocycles. The van der Waals surface area contributed by atoms with E-state index in [1.165, 1.54) is 0 Å². The number of hydrogen-bond donors (Lipinski definition) is 2. The van der Waals surface area contributed by atoms with Crippen molar-refractivity contribution in [3.63, 3.8) is 0 Å². The monoisotopic (exact) mass is 284 g/mol. The Kier molecular flexibility index (Phi) is 3.64. The van der Waals surface area contributed by atoms with Gasteiger partial charge in [-0.05, 0) is 24.8 Å². The van der Waals surface area contributed by atoms with Crippen LogP contribution in [0.4, 0.5) is 11.4 Å². The molecular formula is C16H20N4O. The minimum absolute atomic E-state index is 0.206. The number of carbonyl (C=O) groups excluding carboxylic acids is 1. The Morgan fingerprint density at radius 2 is 2.00 bits per heavy atom. The molecule has 0 aliphatic carbocycles. The summed E-state index contributed by atoms with van der Waals surface area (Å²) in [4.78, 5) is 17.7. The second kappa shape index (κ2) is 5.60. The minimum Gasteiger partial charge on any atom is -0.396 e. The number of carbonyl (C=O) groups is 1. The van der Waals surface area contributed by atoms with Crippen LogP contribution in [0.15, 0.2) is 30.5 Å². The molecule has 5 heteroatoms. The number of piperidine rings is 1. The summed E-state index contributed by atoms with van der Waals surface area (Å²) in [5, 5.41) is 1.09. The summed E-state index contributed by atoms with van der Waals surface area (Å²) < 4.78 is 0. The van der Waals surface area contributed by atoms with E-state index >= 15 is 0 Å². The van der Waals surface area contributed by atoms with Gasteiger partial charge in [0.05, 0.1) is 23.1 Å². The number of primary amides is 1. The molecule has 1 aromatic heterocycles. The van der Waals surface area contributed by atoms with Gasteiger partial charge >= 0.3 is 0 Å². The number of nitrogen functional groups attached to an aromatic ring is 1. The minimum atomic E-state index is -0.206. The van der Waals surface area contributed by atoms with Gasteiger partial charge in [-0.3, -0.25) is 9.78 Å². The molecule has 1 fully saturated rings. The van der Waals surface area contributed by atoms with Gasteiger partial charge in [-0.15, -0.1) is 0 Å². The number of rotatable bonds is 3. The van der Waals surface area contributed by atoms with Crippen LogP contribution >= 0.6 is 0 Å². The van der Waals surface area contributed by atoms with Crippen LogP contribution in [-0.4, -0.2) is 24.0 Å². The van der Waals surface area contributed by atoms with Crippen LogP contribution in [0.2, 0.25) is 0 Å². The number of aromatic nitrogens is 1. The molecule has 5 nitrogen and oxygen atoms in total. The SMILES string of the molecule is NC(=O)CC1CCN(c2c(N)cnc3ccccc23)CC1. The Hall–Kier alpha value is -2.30. The number of pyridine rings is 1. The summed E-state index contributed by atoms with van der Waals surface area (Å²) in [7, 11) is 0. The quantitative estimate of drug-likeness (QED) is 0.901. The number of para-hydroxylation sites is 1. The van der Waals surface area contributed by atoms with Gasteiger partial charge in [0.15, 0.2) is 0 Å². The number of amides is 1. The second-order valence-corrected chi connectivity index (χ2v) is 5.68. The highest BCUT2D eigenvalue weighted by molar-refractivity contribution is 5.97. The molecule has 0 saturated carbocycles. The predicted molar refractivity (Wildman–Crippen MR) is 84.9 cm³/mol. The molecule has 2 heterocycles. The molecule has 1 aliphatic rings. The van der Waals surface area contributed by atoms with E-state index in [0.29, 0.717) is 18.0 Å². The molecule has 0 radical (unpaired) electrons. The average Bonchev–Trinajstić information content (AvgIpc) is 2.48. The van der Waals surface area contributed by atoms with Crippen LogP contribution in [0.25, 0.3) is 10.9 Å². The topological polar surface area (TPSA) is 85.2 Å². The molecule has 4 N–H and O–H groups in total. The lowest BCUT2D eigenvalue weighted by molar-refractivity contribution is -0.119. The average molecular weight is 284 g/mol. The molecule has 110 valence electrons. The van der Waals surface area contributed by atoms with Gasteiger partial charge in [0.25, 0.3) is 0 Å². The summed E-state index contributed by atoms with van der Waals surface area (Å²) in [5.74, 6) is 0.190. The smallest absolute Gasteiger partial charge is 0.217 e. The summed E-state index contributed by atoms with van der Waals surface area (Å²) in [6.07, 6.45) is 4.16. The predicted octanol–water partition coefficient (Wildman–Crippen LogP) is 1.91. The number of nitrogens with zero attached hydrogens (tertiary/aromatic N) is 2. The van der Waals surface area contributed by atoms with E-state index in [1.54, 1.807) is 6.20 Å². The highest BCUT2D eigenvalue weighted by Gasteiger charge is 2.23. The van der Waals surface area contributed by atoms with E-state index in [-0.39, 0.29) is 5.91 Å². The first-order valence-corrected chi connectivity index (χ1v) is 7.31. The standard InChI is InChI=1S/C16H20N4O/c17-13-10-19-14-4-2-1-3-12(14)16(13)20-7-5-11(6-8-20)9-15(18)21/h1-4,10-11H,5-9,17H2,(H2,18,21). The van der Waals surface area contributed by atoms with Gasteiger partial charge in [-0.2, -0.15) is 0 Å². The summed E-state index contributed by atoms with van der Waals surface area (Å²) in [6.45, 7) is 1.80. The highest BCUT2D eigenvalue weighted by atomic mass is 16.1. The maximum absolute atomic E-state index is 11.0. The Labute approximate surface area is 123 Å². The van der Waals surface area contributed by atoms with Crippen molar-refractivity contribution in [2.75, 3.05) is 23.7 Å². The van der Waals surface area contributed by atoms with Crippen molar-refractivity contribution in [3.8, 4) is 0 Å². The van der Waals surface area contributed by atoms with Crippen molar-refractivity contribution in [2.45, 2.75) is 19.3 Å². The molecule has 3 rings (SSSR count). The molecule has 0 bridgehead atoms. The fourth-order valence-corrected chi connectivity index (χ4v) is 3.14. The Balaban J connectivity index is 1.85. The van der Waals surface area contributed by atoms with Crippen LogP contribution in [0.1, 0.15) is 19.3 Å². The normalized spacial score (nSPS) is 16.3. The first kappa shape index (κ1) is 13.7. The van der Waals surface area contributed by atoms with E-state index in [0.717, 1.165) is 42.5 Å². The summed E-state index contributed by atoms with van der Waals surface area (Å²) in [6, 6.07) is 8.04. The highest BCUT2D eigenvalue weighted by Crippen LogP contribution is 2.34. The first-order valence-electron chi connectivity index (χ1n) is 7.31. The van der Waals surface area contributed by atoms with E-state index in [9.17, 15) is 4.79 Å². The third-order valence-corrected chi connectivity index (χ3v) is 4.20. The van der Waals surface area contributed by atoms with Gasteiger partial charge in [-0.25, -0.2) is 0 Å². The maximum atomic E-state index is 11.0. The van der Waals surface area contributed by atoms with Crippen molar-refractivity contribution in [1.29, 1.82) is 0 Å². The van der Waals surface area contributed by atoms with Gasteiger partial charge in [-0.1, -0.05) is 18.2 Å². The molecule has 1 aliphatic heterocycles. The lowest BCUT2D eigenvalue weighted by Gasteiger charge is -2.34. The van der Waals surface area contributed by atoms with Crippen molar-refractivity contribution in [1.82, 2.24) is 4.98 Å². The molecule has 1 aromatic carbocycles. The van der Waals surface area contributed by atoms with Crippen molar-refractivity contribution >= 4 is 28.2 Å². The van der Waals surface area contributed by atoms with E-state index < -0.39 is 0 Å². The zero-order valence-corrected chi connectivity index (χ0v) is 12.0. The summed E-state index contributed by atoms with van der Waals surface area (Å²) >= 11 is 0. The van der Waals surface area contributed by atoms with Gasteiger partial charge < -0.3 is 16.4 Å². The van der Waals surface area contributed by atoms with E-state index in [4.69, 9.17) is 11.5 Å². The van der Waals surface area contributed by atoms with Crippen LogP contribution in [0, 0.1) is 5.92 Å². The van der Waals surface area contributed by atoms with Crippen LogP contribution in [-0.2, 0) is 4.79 Å². The molecule has 0 unspecified atom stereocenters. The molecular weight excluding hydrogens is 264 g/mol. The molecule has 1 amide bonds. The second-order valence-electron chi connectivity index (χ2n) is 5.68. The van der Waals surface area contributed by atoms with E-state index in [1.807, 2.05) is 18.2 Å². The first-order chi connectivity index (χ1) is 10.1. The third kappa shape index (κ3) is 2.77. The molecule has 2 aromatic rings. The lowest BCUT2D eigenvalue weighted by Crippen LogP contribution is -2.35. The fraction of sp³-hybridized carbons (Fsp3) is 0.375. The fourth-order valence-electron chi connectivity index (χ4n) is 3.14. The van der Waals surface area contributed by atoms with Crippen LogP contribution in [0.5, 0.6) is 0 Å². The maximum Gasteiger partial charge on any atom is 0.217 e. The Morgan fingerprint density at radius 3 is 2.71 bits per heavy atom. The number of benzene rings is 1. The lowest BCUT2D eigenvalue weighted by atomic mass is 9.92. The number of hydrogen-bond acceptors (Lipinski definition) is 4. The van der Waals surface area contributed by atoms with Crippen LogP contribution in [0.3, 0.4) is 0 Å². The largest absolute Gasteiger partial charge is 0.396 e. The van der Waals surface area contributed by atoms with Gasteiger partial charge in [0, 0.05) is 24.9 Å². The van der Waals surface area contributed by atoms with Gasteiger partial charge in [0.2, 0.25) is 5.91 Å².